The molecule has 0 aliphatic carbocycles. The van der Waals surface area contributed by atoms with Crippen molar-refractivity contribution >= 4 is 17.6 Å². The fourth-order valence-corrected chi connectivity index (χ4v) is 2.85. The summed E-state index contributed by atoms with van der Waals surface area (Å²) < 4.78 is 26.6. The predicted molar refractivity (Wildman–Crippen MR) is 96.8 cm³/mol. The van der Waals surface area contributed by atoms with Gasteiger partial charge < -0.3 is 23.7 Å². The van der Waals surface area contributed by atoms with Gasteiger partial charge in [0.05, 0.1) is 34.0 Å². The summed E-state index contributed by atoms with van der Waals surface area (Å²) in [6.45, 7) is 0.186. The van der Waals surface area contributed by atoms with Gasteiger partial charge in [-0.3, -0.25) is 0 Å². The number of carbonyl (C=O) groups excluding carboxylic acids is 1. The number of benzene rings is 2. The first-order valence-corrected chi connectivity index (χ1v) is 7.97. The average molecular weight is 356 g/mol. The lowest BCUT2D eigenvalue weighted by Crippen LogP contribution is -2.16. The number of fused-ring (bicyclic) bond motifs is 1. The molecular formula is C20H20O6. The molecule has 0 spiro atoms. The van der Waals surface area contributed by atoms with E-state index in [0.29, 0.717) is 28.6 Å². The minimum Gasteiger partial charge on any atom is -0.497 e. The highest BCUT2D eigenvalue weighted by atomic mass is 16.5. The Labute approximate surface area is 151 Å². The van der Waals surface area contributed by atoms with E-state index in [9.17, 15) is 4.79 Å². The van der Waals surface area contributed by atoms with E-state index in [1.807, 2.05) is 12.1 Å². The van der Waals surface area contributed by atoms with E-state index in [-0.39, 0.29) is 6.61 Å². The first-order valence-electron chi connectivity index (χ1n) is 7.97. The van der Waals surface area contributed by atoms with Crippen molar-refractivity contribution in [2.24, 2.45) is 0 Å². The highest BCUT2D eigenvalue weighted by Crippen LogP contribution is 2.38. The third-order valence-electron chi connectivity index (χ3n) is 4.22. The Bertz CT molecular complexity index is 869. The van der Waals surface area contributed by atoms with Crippen molar-refractivity contribution in [2.45, 2.75) is 6.61 Å². The van der Waals surface area contributed by atoms with Gasteiger partial charge in [-0.2, -0.15) is 0 Å². The molecule has 6 nitrogen and oxygen atoms in total. The number of cyclic esters (lactones) is 1. The van der Waals surface area contributed by atoms with Crippen LogP contribution in [0.15, 0.2) is 30.3 Å². The summed E-state index contributed by atoms with van der Waals surface area (Å²) in [5.41, 5.74) is 2.76. The molecule has 2 aromatic rings. The monoisotopic (exact) mass is 356 g/mol. The quantitative estimate of drug-likeness (QED) is 0.605. The summed E-state index contributed by atoms with van der Waals surface area (Å²) in [5.74, 6) is 2.00. The van der Waals surface area contributed by atoms with Crippen LogP contribution in [0, 0.1) is 0 Å². The molecule has 0 saturated carbocycles. The van der Waals surface area contributed by atoms with Gasteiger partial charge in [-0.1, -0.05) is 0 Å². The molecule has 0 bridgehead atoms. The molecule has 0 radical (unpaired) electrons. The smallest absolute Gasteiger partial charge is 0.339 e. The van der Waals surface area contributed by atoms with Crippen LogP contribution in [0.1, 0.15) is 16.7 Å². The normalized spacial score (nSPS) is 14.5. The van der Waals surface area contributed by atoms with Gasteiger partial charge in [0.25, 0.3) is 0 Å². The molecule has 0 N–H and O–H groups in total. The number of hydrogen-bond acceptors (Lipinski definition) is 6. The lowest BCUT2D eigenvalue weighted by molar-refractivity contribution is -0.138. The Morgan fingerprint density at radius 1 is 0.885 bits per heavy atom. The predicted octanol–water partition coefficient (Wildman–Crippen LogP) is 3.32. The number of carbonyl (C=O) groups is 1. The van der Waals surface area contributed by atoms with Gasteiger partial charge in [-0.15, -0.1) is 0 Å². The molecule has 1 heterocycles. The first kappa shape index (κ1) is 17.7. The van der Waals surface area contributed by atoms with Crippen LogP contribution in [-0.2, 0) is 16.1 Å². The number of hydrogen-bond donors (Lipinski definition) is 0. The van der Waals surface area contributed by atoms with Crippen LogP contribution < -0.4 is 18.9 Å². The number of methoxy groups -OCH3 is 4. The minimum absolute atomic E-state index is 0.186. The second-order valence-electron chi connectivity index (χ2n) is 5.61. The van der Waals surface area contributed by atoms with E-state index >= 15 is 0 Å². The summed E-state index contributed by atoms with van der Waals surface area (Å²) in [7, 11) is 6.28. The molecular weight excluding hydrogens is 336 g/mol. The molecule has 3 rings (SSSR count). The van der Waals surface area contributed by atoms with Gasteiger partial charge in [0, 0.05) is 17.2 Å². The largest absolute Gasteiger partial charge is 0.497 e. The highest BCUT2D eigenvalue weighted by molar-refractivity contribution is 6.23. The number of esters is 1. The van der Waals surface area contributed by atoms with Crippen LogP contribution in [0.3, 0.4) is 0 Å². The van der Waals surface area contributed by atoms with Crippen LogP contribution >= 0.6 is 0 Å². The van der Waals surface area contributed by atoms with E-state index in [0.717, 1.165) is 16.7 Å². The highest BCUT2D eigenvalue weighted by Gasteiger charge is 2.26. The minimum atomic E-state index is -0.400. The van der Waals surface area contributed by atoms with Crippen molar-refractivity contribution in [3.63, 3.8) is 0 Å². The SMILES string of the molecule is COc1ccc(/C=C2/C(=O)OCc3cc(OC)c(OC)cc32)c(OC)c1. The summed E-state index contributed by atoms with van der Waals surface area (Å²) in [6.07, 6.45) is 1.74. The van der Waals surface area contributed by atoms with E-state index in [2.05, 4.69) is 0 Å². The maximum atomic E-state index is 12.4. The second-order valence-corrected chi connectivity index (χ2v) is 5.61. The van der Waals surface area contributed by atoms with Gasteiger partial charge in [-0.25, -0.2) is 4.79 Å². The van der Waals surface area contributed by atoms with E-state index in [1.54, 1.807) is 52.7 Å². The first-order chi connectivity index (χ1) is 12.6. The summed E-state index contributed by atoms with van der Waals surface area (Å²) in [4.78, 5) is 12.4. The van der Waals surface area contributed by atoms with Crippen molar-refractivity contribution in [3.05, 3.63) is 47.0 Å². The Morgan fingerprint density at radius 2 is 1.58 bits per heavy atom. The van der Waals surface area contributed by atoms with Crippen molar-refractivity contribution in [3.8, 4) is 23.0 Å². The lowest BCUT2D eigenvalue weighted by atomic mass is 9.95. The zero-order chi connectivity index (χ0) is 18.7. The zero-order valence-corrected chi connectivity index (χ0v) is 15.1. The van der Waals surface area contributed by atoms with Crippen LogP contribution in [0.5, 0.6) is 23.0 Å². The lowest BCUT2D eigenvalue weighted by Gasteiger charge is -2.21. The molecule has 136 valence electrons. The third-order valence-corrected chi connectivity index (χ3v) is 4.22. The summed E-state index contributed by atoms with van der Waals surface area (Å²) in [5, 5.41) is 0. The Morgan fingerprint density at radius 3 is 2.23 bits per heavy atom. The standard InChI is InChI=1S/C20H20O6/c1-22-14-6-5-12(17(9-14)23-2)7-16-15-10-19(25-4)18(24-3)8-13(15)11-26-20(16)21/h5-10H,11H2,1-4H3/b16-7+. The molecule has 26 heavy (non-hydrogen) atoms. The van der Waals surface area contributed by atoms with Gasteiger partial charge in [0.2, 0.25) is 0 Å². The fraction of sp³-hybridized carbons (Fsp3) is 0.250. The molecule has 2 aromatic carbocycles. The molecule has 0 unspecified atom stereocenters. The van der Waals surface area contributed by atoms with Crippen LogP contribution in [-0.4, -0.2) is 34.4 Å². The Hall–Kier alpha value is -3.15. The van der Waals surface area contributed by atoms with Gasteiger partial charge in [-0.05, 0) is 35.9 Å². The van der Waals surface area contributed by atoms with Crippen LogP contribution in [0.4, 0.5) is 0 Å². The van der Waals surface area contributed by atoms with Gasteiger partial charge in [0.15, 0.2) is 11.5 Å². The van der Waals surface area contributed by atoms with Crippen molar-refractivity contribution in [1.29, 1.82) is 0 Å². The zero-order valence-electron chi connectivity index (χ0n) is 15.1. The maximum absolute atomic E-state index is 12.4. The van der Waals surface area contributed by atoms with Crippen LogP contribution in [0.25, 0.3) is 11.6 Å². The molecule has 0 saturated heterocycles. The summed E-state index contributed by atoms with van der Waals surface area (Å²) >= 11 is 0. The van der Waals surface area contributed by atoms with E-state index in [4.69, 9.17) is 23.7 Å². The third kappa shape index (κ3) is 3.18. The summed E-state index contributed by atoms with van der Waals surface area (Å²) in [6, 6.07) is 9.00. The molecule has 1 aliphatic heterocycles. The van der Waals surface area contributed by atoms with Crippen molar-refractivity contribution < 1.29 is 28.5 Å². The van der Waals surface area contributed by atoms with E-state index < -0.39 is 5.97 Å². The Kier molecular flexibility index (Phi) is 5.02. The molecule has 6 heteroatoms. The van der Waals surface area contributed by atoms with Gasteiger partial charge >= 0.3 is 5.97 Å². The number of ether oxygens (including phenoxy) is 5. The molecule has 0 atom stereocenters. The van der Waals surface area contributed by atoms with Crippen molar-refractivity contribution in [2.75, 3.05) is 28.4 Å². The second kappa shape index (κ2) is 7.39. The molecule has 0 amide bonds. The van der Waals surface area contributed by atoms with Gasteiger partial charge in [0.1, 0.15) is 18.1 Å². The van der Waals surface area contributed by atoms with Crippen molar-refractivity contribution in [1.82, 2.24) is 0 Å². The van der Waals surface area contributed by atoms with E-state index in [1.165, 1.54) is 0 Å². The average Bonchev–Trinajstić information content (AvgIpc) is 2.69. The Balaban J connectivity index is 2.14. The van der Waals surface area contributed by atoms with Crippen LogP contribution in [0.2, 0.25) is 0 Å². The topological polar surface area (TPSA) is 63.2 Å². The molecule has 0 fully saturated rings. The number of rotatable bonds is 5. The molecule has 0 aromatic heterocycles. The fourth-order valence-electron chi connectivity index (χ4n) is 2.85. The molecule has 1 aliphatic rings. The maximum Gasteiger partial charge on any atom is 0.339 e.